The van der Waals surface area contributed by atoms with Crippen LogP contribution in [0.15, 0.2) is 59.3 Å². The Labute approximate surface area is 151 Å². The van der Waals surface area contributed by atoms with Crippen molar-refractivity contribution < 1.29 is 9.15 Å². The number of imidazole rings is 1. The fourth-order valence-corrected chi connectivity index (χ4v) is 3.52. The molecule has 0 unspecified atom stereocenters. The molecule has 0 atom stereocenters. The second-order valence-corrected chi connectivity index (χ2v) is 6.71. The van der Waals surface area contributed by atoms with Gasteiger partial charge in [-0.05, 0) is 56.0 Å². The zero-order valence-electron chi connectivity index (χ0n) is 14.3. The first-order valence-electron chi connectivity index (χ1n) is 9.02. The van der Waals surface area contributed by atoms with Crippen molar-refractivity contribution in [2.45, 2.75) is 31.8 Å². The van der Waals surface area contributed by atoms with Crippen LogP contribution in [0.4, 0.5) is 0 Å². The lowest BCUT2D eigenvalue weighted by Gasteiger charge is -2.13. The van der Waals surface area contributed by atoms with Gasteiger partial charge < -0.3 is 14.1 Å². The minimum Gasteiger partial charge on any atom is -0.490 e. The molecular weight excluding hydrogens is 326 g/mol. The van der Waals surface area contributed by atoms with Crippen LogP contribution in [-0.2, 0) is 0 Å². The molecule has 1 aliphatic carbocycles. The van der Waals surface area contributed by atoms with Gasteiger partial charge in [-0.1, -0.05) is 12.1 Å². The summed E-state index contributed by atoms with van der Waals surface area (Å²) in [6.45, 7) is 0. The van der Waals surface area contributed by atoms with Crippen LogP contribution in [0.2, 0.25) is 0 Å². The third-order valence-corrected chi connectivity index (χ3v) is 4.85. The molecule has 1 N–H and O–H groups in total. The first kappa shape index (κ1) is 15.2. The van der Waals surface area contributed by atoms with Gasteiger partial charge in [0, 0.05) is 17.3 Å². The molecule has 130 valence electrons. The summed E-state index contributed by atoms with van der Waals surface area (Å²) in [5.41, 5.74) is 3.49. The second kappa shape index (κ2) is 6.33. The monoisotopic (exact) mass is 345 g/mol. The van der Waals surface area contributed by atoms with E-state index in [-0.39, 0.29) is 0 Å². The van der Waals surface area contributed by atoms with Gasteiger partial charge in [0.2, 0.25) is 0 Å². The highest BCUT2D eigenvalue weighted by Gasteiger charge is 2.17. The predicted molar refractivity (Wildman–Crippen MR) is 99.9 cm³/mol. The first-order valence-corrected chi connectivity index (χ1v) is 9.02. The number of furan rings is 1. The SMILES string of the molecule is c1cc(OC2CCCC2)cc(-c2nc3cc(-c4ccco4)cnc3[nH]2)c1. The largest absolute Gasteiger partial charge is 0.490 e. The number of hydrogen-bond donors (Lipinski definition) is 1. The molecule has 1 saturated carbocycles. The molecule has 3 aromatic heterocycles. The number of aromatic nitrogens is 3. The molecule has 0 aliphatic heterocycles. The molecule has 0 spiro atoms. The lowest BCUT2D eigenvalue weighted by atomic mass is 10.2. The summed E-state index contributed by atoms with van der Waals surface area (Å²) in [5.74, 6) is 2.48. The van der Waals surface area contributed by atoms with Gasteiger partial charge in [-0.3, -0.25) is 0 Å². The van der Waals surface area contributed by atoms with Crippen molar-refractivity contribution in [3.8, 4) is 28.5 Å². The molecule has 26 heavy (non-hydrogen) atoms. The van der Waals surface area contributed by atoms with Gasteiger partial charge in [-0.2, -0.15) is 0 Å². The van der Waals surface area contributed by atoms with E-state index in [0.717, 1.165) is 52.5 Å². The predicted octanol–water partition coefficient (Wildman–Crippen LogP) is 5.21. The maximum atomic E-state index is 6.11. The zero-order chi connectivity index (χ0) is 17.3. The summed E-state index contributed by atoms with van der Waals surface area (Å²) >= 11 is 0. The summed E-state index contributed by atoms with van der Waals surface area (Å²) in [4.78, 5) is 12.5. The number of nitrogens with one attached hydrogen (secondary N) is 1. The Hall–Kier alpha value is -3.08. The fourth-order valence-electron chi connectivity index (χ4n) is 3.52. The smallest absolute Gasteiger partial charge is 0.157 e. The van der Waals surface area contributed by atoms with Crippen molar-refractivity contribution in [3.63, 3.8) is 0 Å². The number of aromatic amines is 1. The van der Waals surface area contributed by atoms with E-state index in [1.54, 1.807) is 12.5 Å². The van der Waals surface area contributed by atoms with Crippen molar-refractivity contribution in [1.29, 1.82) is 0 Å². The fraction of sp³-hybridized carbons (Fsp3) is 0.238. The van der Waals surface area contributed by atoms with Crippen LogP contribution in [0.3, 0.4) is 0 Å². The van der Waals surface area contributed by atoms with Crippen LogP contribution >= 0.6 is 0 Å². The van der Waals surface area contributed by atoms with Crippen LogP contribution in [0, 0.1) is 0 Å². The van der Waals surface area contributed by atoms with Gasteiger partial charge in [0.1, 0.15) is 22.9 Å². The van der Waals surface area contributed by atoms with Crippen LogP contribution < -0.4 is 4.74 Å². The molecule has 1 fully saturated rings. The van der Waals surface area contributed by atoms with Crippen LogP contribution in [0.1, 0.15) is 25.7 Å². The molecule has 0 amide bonds. The van der Waals surface area contributed by atoms with E-state index in [1.807, 2.05) is 42.5 Å². The molecule has 1 aliphatic rings. The van der Waals surface area contributed by atoms with Crippen molar-refractivity contribution in [2.24, 2.45) is 0 Å². The summed E-state index contributed by atoms with van der Waals surface area (Å²) in [6.07, 6.45) is 8.62. The summed E-state index contributed by atoms with van der Waals surface area (Å²) in [5, 5.41) is 0. The average molecular weight is 345 g/mol. The second-order valence-electron chi connectivity index (χ2n) is 6.71. The summed E-state index contributed by atoms with van der Waals surface area (Å²) < 4.78 is 11.6. The Bertz CT molecular complexity index is 1030. The Kier molecular flexibility index (Phi) is 3.70. The molecule has 1 aromatic carbocycles. The molecule has 5 rings (SSSR count). The van der Waals surface area contributed by atoms with Crippen molar-refractivity contribution in [2.75, 3.05) is 0 Å². The van der Waals surface area contributed by atoms with E-state index >= 15 is 0 Å². The van der Waals surface area contributed by atoms with Gasteiger partial charge >= 0.3 is 0 Å². The maximum absolute atomic E-state index is 6.11. The number of H-pyrrole nitrogens is 1. The minimum absolute atomic E-state index is 0.346. The van der Waals surface area contributed by atoms with Crippen LogP contribution in [0.25, 0.3) is 33.9 Å². The van der Waals surface area contributed by atoms with E-state index in [1.165, 1.54) is 12.8 Å². The van der Waals surface area contributed by atoms with Gasteiger partial charge in [0.05, 0.1) is 12.4 Å². The maximum Gasteiger partial charge on any atom is 0.157 e. The first-order chi connectivity index (χ1) is 12.8. The van der Waals surface area contributed by atoms with Gasteiger partial charge in [0.25, 0.3) is 0 Å². The highest BCUT2D eigenvalue weighted by atomic mass is 16.5. The van der Waals surface area contributed by atoms with E-state index < -0.39 is 0 Å². The highest BCUT2D eigenvalue weighted by Crippen LogP contribution is 2.29. The van der Waals surface area contributed by atoms with E-state index in [0.29, 0.717) is 6.10 Å². The van der Waals surface area contributed by atoms with E-state index in [9.17, 15) is 0 Å². The number of nitrogens with zero attached hydrogens (tertiary/aromatic N) is 2. The Morgan fingerprint density at radius 1 is 1.04 bits per heavy atom. The summed E-state index contributed by atoms with van der Waals surface area (Å²) in [7, 11) is 0. The molecule has 0 saturated heterocycles. The van der Waals surface area contributed by atoms with Gasteiger partial charge in [-0.25, -0.2) is 9.97 Å². The minimum atomic E-state index is 0.346. The molecule has 0 radical (unpaired) electrons. The quantitative estimate of drug-likeness (QED) is 0.552. The molecule has 0 bridgehead atoms. The summed E-state index contributed by atoms with van der Waals surface area (Å²) in [6, 6.07) is 13.9. The van der Waals surface area contributed by atoms with Crippen LogP contribution in [-0.4, -0.2) is 21.1 Å². The molecular formula is C21H19N3O2. The lowest BCUT2D eigenvalue weighted by Crippen LogP contribution is -2.10. The number of ether oxygens (including phenoxy) is 1. The van der Waals surface area contributed by atoms with Crippen molar-refractivity contribution in [3.05, 3.63) is 54.9 Å². The lowest BCUT2D eigenvalue weighted by molar-refractivity contribution is 0.210. The van der Waals surface area contributed by atoms with Gasteiger partial charge in [-0.15, -0.1) is 0 Å². The topological polar surface area (TPSA) is 63.9 Å². The Morgan fingerprint density at radius 3 is 2.81 bits per heavy atom. The Morgan fingerprint density at radius 2 is 1.96 bits per heavy atom. The molecule has 5 nitrogen and oxygen atoms in total. The van der Waals surface area contributed by atoms with Crippen molar-refractivity contribution >= 4 is 11.2 Å². The molecule has 4 aromatic rings. The number of benzene rings is 1. The number of rotatable bonds is 4. The highest BCUT2D eigenvalue weighted by molar-refractivity contribution is 5.80. The molecule has 3 heterocycles. The number of fused-ring (bicyclic) bond motifs is 1. The number of hydrogen-bond acceptors (Lipinski definition) is 4. The van der Waals surface area contributed by atoms with E-state index in [2.05, 4.69) is 9.97 Å². The normalized spacial score (nSPS) is 14.9. The zero-order valence-corrected chi connectivity index (χ0v) is 14.3. The Balaban J connectivity index is 1.46. The molecule has 5 heteroatoms. The third-order valence-electron chi connectivity index (χ3n) is 4.85. The number of pyridine rings is 1. The van der Waals surface area contributed by atoms with Crippen molar-refractivity contribution in [1.82, 2.24) is 15.0 Å². The standard InChI is InChI=1S/C21H19N3O2/c1-2-7-16(6-1)26-17-8-3-5-14(11-17)20-23-18-12-15(13-22-21(18)24-20)19-9-4-10-25-19/h3-5,8-13,16H,1-2,6-7H2,(H,22,23,24). The third kappa shape index (κ3) is 2.86. The van der Waals surface area contributed by atoms with E-state index in [4.69, 9.17) is 14.1 Å². The average Bonchev–Trinajstić information content (AvgIpc) is 3.42. The van der Waals surface area contributed by atoms with Gasteiger partial charge in [0.15, 0.2) is 5.65 Å². The van der Waals surface area contributed by atoms with Crippen LogP contribution in [0.5, 0.6) is 5.75 Å².